The summed E-state index contributed by atoms with van der Waals surface area (Å²) in [5.41, 5.74) is 1.33. The third kappa shape index (κ3) is 2.04. The summed E-state index contributed by atoms with van der Waals surface area (Å²) in [7, 11) is 0. The zero-order valence-corrected chi connectivity index (χ0v) is 8.96. The smallest absolute Gasteiger partial charge is 0.0504 e. The Morgan fingerprint density at radius 3 is 3.07 bits per heavy atom. The molecular formula is C11H15NOS. The fourth-order valence-corrected chi connectivity index (χ4v) is 2.77. The van der Waals surface area contributed by atoms with Crippen LogP contribution in [0.1, 0.15) is 6.42 Å². The quantitative estimate of drug-likeness (QED) is 0.823. The Morgan fingerprint density at radius 1 is 1.36 bits per heavy atom. The molecule has 0 aliphatic carbocycles. The normalized spacial score (nSPS) is 15.4. The van der Waals surface area contributed by atoms with E-state index in [1.54, 1.807) is 0 Å². The van der Waals surface area contributed by atoms with Gasteiger partial charge < -0.3 is 10.0 Å². The number of fused-ring (bicyclic) bond motifs is 1. The minimum atomic E-state index is 0.284. The second-order valence-corrected chi connectivity index (χ2v) is 4.52. The molecule has 0 spiro atoms. The molecule has 14 heavy (non-hydrogen) atoms. The third-order valence-corrected chi connectivity index (χ3v) is 3.45. The fraction of sp³-hybridized carbons (Fsp3) is 0.455. The molecule has 0 radical (unpaired) electrons. The van der Waals surface area contributed by atoms with Gasteiger partial charge in [0.15, 0.2) is 0 Å². The average molecular weight is 209 g/mol. The molecule has 2 nitrogen and oxygen atoms in total. The highest BCUT2D eigenvalue weighted by Crippen LogP contribution is 2.34. The third-order valence-electron chi connectivity index (χ3n) is 2.41. The van der Waals surface area contributed by atoms with Crippen LogP contribution in [-0.2, 0) is 0 Å². The lowest BCUT2D eigenvalue weighted by Crippen LogP contribution is -2.30. The first kappa shape index (κ1) is 9.87. The number of rotatable bonds is 3. The first-order valence-corrected chi connectivity index (χ1v) is 5.98. The van der Waals surface area contributed by atoms with Gasteiger partial charge in [0, 0.05) is 30.3 Å². The minimum Gasteiger partial charge on any atom is -0.396 e. The largest absolute Gasteiger partial charge is 0.396 e. The Bertz CT molecular complexity index is 303. The maximum atomic E-state index is 8.81. The molecule has 1 aromatic rings. The van der Waals surface area contributed by atoms with E-state index in [9.17, 15) is 0 Å². The molecule has 1 heterocycles. The van der Waals surface area contributed by atoms with E-state index >= 15 is 0 Å². The predicted molar refractivity (Wildman–Crippen MR) is 61.1 cm³/mol. The van der Waals surface area contributed by atoms with Crippen molar-refractivity contribution in [2.45, 2.75) is 11.3 Å². The van der Waals surface area contributed by atoms with Crippen molar-refractivity contribution >= 4 is 17.4 Å². The van der Waals surface area contributed by atoms with Crippen molar-refractivity contribution in [3.63, 3.8) is 0 Å². The average Bonchev–Trinajstić information content (AvgIpc) is 2.26. The van der Waals surface area contributed by atoms with E-state index in [2.05, 4.69) is 29.2 Å². The van der Waals surface area contributed by atoms with E-state index in [4.69, 9.17) is 5.11 Å². The van der Waals surface area contributed by atoms with Crippen molar-refractivity contribution in [2.75, 3.05) is 30.3 Å². The van der Waals surface area contributed by atoms with Gasteiger partial charge in [0.05, 0.1) is 5.69 Å². The number of benzene rings is 1. The number of hydrogen-bond acceptors (Lipinski definition) is 3. The predicted octanol–water partition coefficient (Wildman–Crippen LogP) is 1.98. The Labute approximate surface area is 88.9 Å². The summed E-state index contributed by atoms with van der Waals surface area (Å²) in [4.78, 5) is 3.74. The van der Waals surface area contributed by atoms with Crippen molar-refractivity contribution in [1.82, 2.24) is 0 Å². The molecule has 76 valence electrons. The molecule has 0 atom stereocenters. The summed E-state index contributed by atoms with van der Waals surface area (Å²) < 4.78 is 0. The summed E-state index contributed by atoms with van der Waals surface area (Å²) in [6, 6.07) is 8.50. The van der Waals surface area contributed by atoms with Crippen LogP contribution in [0.25, 0.3) is 0 Å². The number of para-hydroxylation sites is 1. The molecule has 0 unspecified atom stereocenters. The van der Waals surface area contributed by atoms with E-state index in [0.29, 0.717) is 0 Å². The zero-order valence-electron chi connectivity index (χ0n) is 8.15. The number of anilines is 1. The Kier molecular flexibility index (Phi) is 3.32. The lowest BCUT2D eigenvalue weighted by molar-refractivity contribution is 0.289. The van der Waals surface area contributed by atoms with Gasteiger partial charge in [-0.25, -0.2) is 0 Å². The van der Waals surface area contributed by atoms with Crippen molar-refractivity contribution in [1.29, 1.82) is 0 Å². The van der Waals surface area contributed by atoms with Gasteiger partial charge in [-0.15, -0.1) is 11.8 Å². The van der Waals surface area contributed by atoms with Crippen LogP contribution >= 0.6 is 11.8 Å². The first-order chi connectivity index (χ1) is 6.92. The van der Waals surface area contributed by atoms with Gasteiger partial charge in [0.1, 0.15) is 0 Å². The molecule has 1 aliphatic rings. The van der Waals surface area contributed by atoms with Crippen LogP contribution in [0.5, 0.6) is 0 Å². The van der Waals surface area contributed by atoms with E-state index in [-0.39, 0.29) is 6.61 Å². The van der Waals surface area contributed by atoms with Crippen LogP contribution < -0.4 is 4.90 Å². The van der Waals surface area contributed by atoms with Gasteiger partial charge in [-0.3, -0.25) is 0 Å². The lowest BCUT2D eigenvalue weighted by Gasteiger charge is -2.30. The van der Waals surface area contributed by atoms with Crippen molar-refractivity contribution in [3.8, 4) is 0 Å². The van der Waals surface area contributed by atoms with Crippen LogP contribution in [0, 0.1) is 0 Å². The van der Waals surface area contributed by atoms with Crippen LogP contribution in [0.3, 0.4) is 0 Å². The molecule has 0 saturated carbocycles. The number of aliphatic hydroxyl groups is 1. The van der Waals surface area contributed by atoms with Crippen LogP contribution in [-0.4, -0.2) is 30.6 Å². The Morgan fingerprint density at radius 2 is 2.21 bits per heavy atom. The Balaban J connectivity index is 2.14. The van der Waals surface area contributed by atoms with Gasteiger partial charge in [-0.05, 0) is 18.6 Å². The molecule has 3 heteroatoms. The second kappa shape index (κ2) is 4.71. The minimum absolute atomic E-state index is 0.284. The summed E-state index contributed by atoms with van der Waals surface area (Å²) in [5.74, 6) is 1.16. The van der Waals surface area contributed by atoms with Crippen LogP contribution in [0.4, 0.5) is 5.69 Å². The molecule has 2 rings (SSSR count). The molecule has 0 aromatic heterocycles. The molecule has 0 amide bonds. The molecule has 1 aromatic carbocycles. The maximum absolute atomic E-state index is 8.81. The molecule has 0 bridgehead atoms. The zero-order chi connectivity index (χ0) is 9.80. The summed E-state index contributed by atoms with van der Waals surface area (Å²) in [6.45, 7) is 2.35. The second-order valence-electron chi connectivity index (χ2n) is 3.38. The highest BCUT2D eigenvalue weighted by atomic mass is 32.2. The number of thioether (sulfide) groups is 1. The van der Waals surface area contributed by atoms with Crippen LogP contribution in [0.15, 0.2) is 29.2 Å². The number of hydrogen-bond donors (Lipinski definition) is 1. The van der Waals surface area contributed by atoms with Crippen molar-refractivity contribution in [3.05, 3.63) is 24.3 Å². The van der Waals surface area contributed by atoms with Crippen molar-refractivity contribution < 1.29 is 5.11 Å². The van der Waals surface area contributed by atoms with Gasteiger partial charge in [0.2, 0.25) is 0 Å². The molecule has 0 fully saturated rings. The number of nitrogens with zero attached hydrogens (tertiary/aromatic N) is 1. The Hall–Kier alpha value is -0.670. The van der Waals surface area contributed by atoms with Gasteiger partial charge in [-0.2, -0.15) is 0 Å². The molecule has 0 saturated heterocycles. The number of aliphatic hydroxyl groups excluding tert-OH is 1. The first-order valence-electron chi connectivity index (χ1n) is 4.99. The topological polar surface area (TPSA) is 23.5 Å². The monoisotopic (exact) mass is 209 g/mol. The van der Waals surface area contributed by atoms with Gasteiger partial charge in [0.25, 0.3) is 0 Å². The lowest BCUT2D eigenvalue weighted by atomic mass is 10.2. The van der Waals surface area contributed by atoms with E-state index < -0.39 is 0 Å². The highest BCUT2D eigenvalue weighted by molar-refractivity contribution is 7.99. The van der Waals surface area contributed by atoms with E-state index in [0.717, 1.165) is 25.3 Å². The highest BCUT2D eigenvalue weighted by Gasteiger charge is 2.15. The fourth-order valence-electron chi connectivity index (χ4n) is 1.72. The van der Waals surface area contributed by atoms with E-state index in [1.807, 2.05) is 11.8 Å². The SMILES string of the molecule is OCCCN1CCSc2ccccc21. The standard InChI is InChI=1S/C11H15NOS/c13-8-3-6-12-7-9-14-11-5-2-1-4-10(11)12/h1-2,4-5,13H,3,6-9H2. The summed E-state index contributed by atoms with van der Waals surface area (Å²) in [6.07, 6.45) is 0.860. The van der Waals surface area contributed by atoms with Crippen molar-refractivity contribution in [2.24, 2.45) is 0 Å². The van der Waals surface area contributed by atoms with Crippen LogP contribution in [0.2, 0.25) is 0 Å². The molecule has 1 aliphatic heterocycles. The van der Waals surface area contributed by atoms with Gasteiger partial charge >= 0.3 is 0 Å². The maximum Gasteiger partial charge on any atom is 0.0504 e. The van der Waals surface area contributed by atoms with E-state index in [1.165, 1.54) is 10.6 Å². The summed E-state index contributed by atoms with van der Waals surface area (Å²) >= 11 is 1.92. The molecule has 1 N–H and O–H groups in total. The molecular weight excluding hydrogens is 194 g/mol. The summed E-state index contributed by atoms with van der Waals surface area (Å²) in [5, 5.41) is 8.81. The van der Waals surface area contributed by atoms with Gasteiger partial charge in [-0.1, -0.05) is 12.1 Å².